The summed E-state index contributed by atoms with van der Waals surface area (Å²) in [6, 6.07) is 20.3. The molecule has 0 aromatic heterocycles. The van der Waals surface area contributed by atoms with Crippen molar-refractivity contribution in [3.05, 3.63) is 82.9 Å². The van der Waals surface area contributed by atoms with E-state index in [9.17, 15) is 9.59 Å². The molecule has 3 aromatic carbocycles. The number of benzene rings is 3. The Bertz CT molecular complexity index is 1280. The molecule has 1 aliphatic heterocycles. The first-order chi connectivity index (χ1) is 19.0. The highest BCUT2D eigenvalue weighted by Gasteiger charge is 2.24. The molecule has 1 heterocycles. The fourth-order valence-electron chi connectivity index (χ4n) is 4.61. The highest BCUT2D eigenvalue weighted by atomic mass is 35.5. The molecule has 0 unspecified atom stereocenters. The van der Waals surface area contributed by atoms with Crippen LogP contribution in [0.1, 0.15) is 34.1 Å². The van der Waals surface area contributed by atoms with Crippen molar-refractivity contribution in [2.75, 3.05) is 68.2 Å². The minimum atomic E-state index is -0.332. The van der Waals surface area contributed by atoms with Crippen LogP contribution < -0.4 is 25.2 Å². The Morgan fingerprint density at radius 1 is 0.872 bits per heavy atom. The van der Waals surface area contributed by atoms with Crippen LogP contribution in [0.4, 0.5) is 17.1 Å². The van der Waals surface area contributed by atoms with Crippen molar-refractivity contribution in [2.45, 2.75) is 13.3 Å². The van der Waals surface area contributed by atoms with Crippen molar-refractivity contribution in [3.8, 4) is 5.75 Å². The summed E-state index contributed by atoms with van der Waals surface area (Å²) in [6.07, 6.45) is 0.718. The third-order valence-electron chi connectivity index (χ3n) is 6.62. The first-order valence-electron chi connectivity index (χ1n) is 13.2. The van der Waals surface area contributed by atoms with Crippen LogP contribution in [0, 0.1) is 0 Å². The Morgan fingerprint density at radius 2 is 1.56 bits per heavy atom. The predicted octanol–water partition coefficient (Wildman–Crippen LogP) is 5.08. The molecule has 0 spiro atoms. The first-order valence-corrected chi connectivity index (χ1v) is 13.6. The molecule has 0 aliphatic carbocycles. The Kier molecular flexibility index (Phi) is 10.1. The monoisotopic (exact) mass is 550 g/mol. The highest BCUT2D eigenvalue weighted by Crippen LogP contribution is 2.31. The largest absolute Gasteiger partial charge is 0.495 e. The molecule has 1 saturated heterocycles. The van der Waals surface area contributed by atoms with E-state index in [1.165, 1.54) is 0 Å². The van der Waals surface area contributed by atoms with Gasteiger partial charge in [0.15, 0.2) is 0 Å². The number of hydrogen-bond acceptors (Lipinski definition) is 6. The minimum absolute atomic E-state index is 0.192. The average Bonchev–Trinajstić information content (AvgIpc) is 2.97. The van der Waals surface area contributed by atoms with Gasteiger partial charge in [0.2, 0.25) is 0 Å². The van der Waals surface area contributed by atoms with Gasteiger partial charge in [-0.05, 0) is 55.8 Å². The Hall–Kier alpha value is -3.75. The number of para-hydroxylation sites is 2. The number of carbonyl (C=O) groups is 2. The van der Waals surface area contributed by atoms with E-state index < -0.39 is 0 Å². The van der Waals surface area contributed by atoms with Crippen molar-refractivity contribution in [2.24, 2.45) is 0 Å². The molecule has 0 saturated carbocycles. The van der Waals surface area contributed by atoms with E-state index in [1.807, 2.05) is 37.3 Å². The molecule has 2 N–H and O–H groups in total. The molecule has 8 nitrogen and oxygen atoms in total. The lowest BCUT2D eigenvalue weighted by atomic mass is 10.1. The molecule has 39 heavy (non-hydrogen) atoms. The zero-order valence-corrected chi connectivity index (χ0v) is 23.2. The SMILES string of the molecule is CCOCCCNC(=O)c1cc(NC(=O)c2ccccc2Cl)ccc1N1CCN(c2ccccc2OC)CC1. The summed E-state index contributed by atoms with van der Waals surface area (Å²) in [5.41, 5.74) is 3.29. The summed E-state index contributed by atoms with van der Waals surface area (Å²) < 4.78 is 10.9. The van der Waals surface area contributed by atoms with E-state index in [1.54, 1.807) is 37.4 Å². The molecule has 0 atom stereocenters. The summed E-state index contributed by atoms with van der Waals surface area (Å²) in [5.74, 6) is 0.320. The van der Waals surface area contributed by atoms with Crippen molar-refractivity contribution in [1.29, 1.82) is 0 Å². The van der Waals surface area contributed by atoms with Gasteiger partial charge in [0.25, 0.3) is 11.8 Å². The lowest BCUT2D eigenvalue weighted by molar-refractivity contribution is 0.0943. The number of hydrogen-bond donors (Lipinski definition) is 2. The highest BCUT2D eigenvalue weighted by molar-refractivity contribution is 6.34. The van der Waals surface area contributed by atoms with Gasteiger partial charge in [-0.1, -0.05) is 35.9 Å². The van der Waals surface area contributed by atoms with Gasteiger partial charge in [-0.15, -0.1) is 0 Å². The number of rotatable bonds is 11. The lowest BCUT2D eigenvalue weighted by Gasteiger charge is -2.38. The molecule has 2 amide bonds. The number of carbonyl (C=O) groups excluding carboxylic acids is 2. The molecule has 1 fully saturated rings. The van der Waals surface area contributed by atoms with Crippen LogP contribution in [0.15, 0.2) is 66.7 Å². The van der Waals surface area contributed by atoms with Crippen LogP contribution in [0.3, 0.4) is 0 Å². The Morgan fingerprint density at radius 3 is 2.28 bits per heavy atom. The van der Waals surface area contributed by atoms with Gasteiger partial charge in [0, 0.05) is 57.3 Å². The van der Waals surface area contributed by atoms with E-state index in [0.29, 0.717) is 41.6 Å². The maximum atomic E-state index is 13.3. The van der Waals surface area contributed by atoms with Crippen molar-refractivity contribution < 1.29 is 19.1 Å². The van der Waals surface area contributed by atoms with Crippen LogP contribution in [0.25, 0.3) is 0 Å². The van der Waals surface area contributed by atoms with Gasteiger partial charge in [0.1, 0.15) is 5.75 Å². The molecule has 4 rings (SSSR count). The maximum absolute atomic E-state index is 13.3. The predicted molar refractivity (Wildman–Crippen MR) is 157 cm³/mol. The number of ether oxygens (including phenoxy) is 2. The summed E-state index contributed by atoms with van der Waals surface area (Å²) in [7, 11) is 1.68. The third-order valence-corrected chi connectivity index (χ3v) is 6.95. The van der Waals surface area contributed by atoms with E-state index in [-0.39, 0.29) is 11.8 Å². The topological polar surface area (TPSA) is 83.1 Å². The summed E-state index contributed by atoms with van der Waals surface area (Å²) in [6.45, 7) is 6.69. The van der Waals surface area contributed by atoms with Crippen LogP contribution >= 0.6 is 11.6 Å². The van der Waals surface area contributed by atoms with E-state index in [2.05, 4.69) is 26.5 Å². The van der Waals surface area contributed by atoms with Crippen molar-refractivity contribution >= 4 is 40.5 Å². The van der Waals surface area contributed by atoms with Gasteiger partial charge < -0.3 is 29.9 Å². The molecular formula is C30H35ClN4O4. The fraction of sp³-hybridized carbons (Fsp3) is 0.333. The zero-order valence-electron chi connectivity index (χ0n) is 22.4. The fourth-order valence-corrected chi connectivity index (χ4v) is 4.83. The quantitative estimate of drug-likeness (QED) is 0.324. The lowest BCUT2D eigenvalue weighted by Crippen LogP contribution is -2.47. The van der Waals surface area contributed by atoms with Crippen LogP contribution in [-0.2, 0) is 4.74 Å². The normalized spacial score (nSPS) is 13.2. The Labute approximate surface area is 234 Å². The van der Waals surface area contributed by atoms with Gasteiger partial charge in [-0.3, -0.25) is 9.59 Å². The van der Waals surface area contributed by atoms with E-state index >= 15 is 0 Å². The molecule has 0 radical (unpaired) electrons. The number of halogens is 1. The van der Waals surface area contributed by atoms with Crippen LogP contribution in [0.2, 0.25) is 5.02 Å². The number of nitrogens with one attached hydrogen (secondary N) is 2. The number of piperazine rings is 1. The minimum Gasteiger partial charge on any atom is -0.495 e. The second-order valence-corrected chi connectivity index (χ2v) is 9.53. The summed E-state index contributed by atoms with van der Waals surface area (Å²) in [4.78, 5) is 30.7. The molecule has 3 aromatic rings. The third kappa shape index (κ3) is 7.22. The average molecular weight is 551 g/mol. The van der Waals surface area contributed by atoms with Gasteiger partial charge in [-0.25, -0.2) is 0 Å². The second-order valence-electron chi connectivity index (χ2n) is 9.12. The van der Waals surface area contributed by atoms with E-state index in [4.69, 9.17) is 21.1 Å². The zero-order chi connectivity index (χ0) is 27.6. The molecular weight excluding hydrogens is 516 g/mol. The molecule has 206 valence electrons. The van der Waals surface area contributed by atoms with Crippen molar-refractivity contribution in [3.63, 3.8) is 0 Å². The van der Waals surface area contributed by atoms with Crippen molar-refractivity contribution in [1.82, 2.24) is 5.32 Å². The van der Waals surface area contributed by atoms with Gasteiger partial charge >= 0.3 is 0 Å². The number of nitrogens with zero attached hydrogens (tertiary/aromatic N) is 2. The number of methoxy groups -OCH3 is 1. The molecule has 1 aliphatic rings. The smallest absolute Gasteiger partial charge is 0.257 e. The Balaban J connectivity index is 1.52. The van der Waals surface area contributed by atoms with E-state index in [0.717, 1.165) is 49.7 Å². The number of amides is 2. The van der Waals surface area contributed by atoms with Gasteiger partial charge in [0.05, 0.1) is 28.9 Å². The number of anilines is 3. The van der Waals surface area contributed by atoms with Crippen LogP contribution in [0.5, 0.6) is 5.75 Å². The second kappa shape index (κ2) is 13.9. The maximum Gasteiger partial charge on any atom is 0.257 e. The summed E-state index contributed by atoms with van der Waals surface area (Å²) >= 11 is 6.21. The molecule has 9 heteroatoms. The van der Waals surface area contributed by atoms with Gasteiger partial charge in [-0.2, -0.15) is 0 Å². The molecule has 0 bridgehead atoms. The first kappa shape index (κ1) is 28.3. The summed E-state index contributed by atoms with van der Waals surface area (Å²) in [5, 5.41) is 6.26. The van der Waals surface area contributed by atoms with Crippen LogP contribution in [-0.4, -0.2) is 64.9 Å². The standard InChI is InChI=1S/C30H35ClN4O4/c1-3-39-20-8-15-32-29(36)24-21-22(33-30(37)23-9-4-5-10-25(23)31)13-14-26(24)34-16-18-35(19-17-34)27-11-6-7-12-28(27)38-2/h4-7,9-14,21H,3,8,15-20H2,1-2H3,(H,32,36)(H,33,37).